The zero-order valence-electron chi connectivity index (χ0n) is 12.6. The lowest BCUT2D eigenvalue weighted by Gasteiger charge is -2.38. The fraction of sp³-hybridized carbons (Fsp3) is 0.625. The van der Waals surface area contributed by atoms with Gasteiger partial charge in [0, 0.05) is 0 Å². The molecule has 0 spiro atoms. The summed E-state index contributed by atoms with van der Waals surface area (Å²) in [4.78, 5) is 0. The van der Waals surface area contributed by atoms with E-state index >= 15 is 0 Å². The Labute approximate surface area is 124 Å². The van der Waals surface area contributed by atoms with E-state index in [0.29, 0.717) is 6.61 Å². The number of aliphatic hydroxyl groups is 1. The highest BCUT2D eigenvalue weighted by Crippen LogP contribution is 2.37. The van der Waals surface area contributed by atoms with Crippen LogP contribution in [0, 0.1) is 0 Å². The number of benzene rings is 1. The van der Waals surface area contributed by atoms with Gasteiger partial charge in [-0.25, -0.2) is 0 Å². The van der Waals surface area contributed by atoms with Gasteiger partial charge in [0.05, 0.1) is 12.7 Å². The van der Waals surface area contributed by atoms with E-state index in [-0.39, 0.29) is 12.2 Å². The van der Waals surface area contributed by atoms with Crippen molar-refractivity contribution in [3.05, 3.63) is 35.9 Å². The van der Waals surface area contributed by atoms with E-state index in [2.05, 4.69) is 0 Å². The van der Waals surface area contributed by atoms with Crippen LogP contribution in [0.25, 0.3) is 0 Å². The maximum Gasteiger partial charge on any atom is 0.186 e. The van der Waals surface area contributed by atoms with Crippen molar-refractivity contribution in [1.82, 2.24) is 0 Å². The molecule has 5 heteroatoms. The van der Waals surface area contributed by atoms with Gasteiger partial charge in [0.2, 0.25) is 0 Å². The molecular weight excluding hydrogens is 272 g/mol. The van der Waals surface area contributed by atoms with Crippen LogP contribution in [-0.4, -0.2) is 41.6 Å². The van der Waals surface area contributed by atoms with E-state index < -0.39 is 24.3 Å². The summed E-state index contributed by atoms with van der Waals surface area (Å²) in [5.41, 5.74) is 1.03. The first kappa shape index (κ1) is 14.9. The van der Waals surface area contributed by atoms with Crippen molar-refractivity contribution < 1.29 is 24.1 Å². The molecule has 3 unspecified atom stereocenters. The van der Waals surface area contributed by atoms with Crippen LogP contribution in [0.5, 0.6) is 0 Å². The molecule has 2 saturated heterocycles. The summed E-state index contributed by atoms with van der Waals surface area (Å²) < 4.78 is 23.0. The first-order chi connectivity index (χ1) is 9.96. The van der Waals surface area contributed by atoms with Gasteiger partial charge in [-0.05, 0) is 26.3 Å². The molecule has 2 aliphatic rings. The van der Waals surface area contributed by atoms with Gasteiger partial charge in [0.1, 0.15) is 18.3 Å². The second kappa shape index (κ2) is 5.66. The Morgan fingerprint density at radius 3 is 2.52 bits per heavy atom. The topological polar surface area (TPSA) is 57.2 Å². The third-order valence-corrected chi connectivity index (χ3v) is 3.85. The molecule has 0 radical (unpaired) electrons. The van der Waals surface area contributed by atoms with Crippen LogP contribution in [-0.2, 0) is 25.6 Å². The first-order valence-corrected chi connectivity index (χ1v) is 7.31. The fourth-order valence-electron chi connectivity index (χ4n) is 2.86. The molecule has 1 aromatic rings. The van der Waals surface area contributed by atoms with Crippen molar-refractivity contribution in [3.63, 3.8) is 0 Å². The summed E-state index contributed by atoms with van der Waals surface area (Å²) in [5.74, 6) is -0.706. The molecule has 0 saturated carbocycles. The highest BCUT2D eigenvalue weighted by molar-refractivity contribution is 5.13. The molecule has 21 heavy (non-hydrogen) atoms. The zero-order chi connectivity index (χ0) is 15.0. The molecule has 5 nitrogen and oxygen atoms in total. The standard InChI is InChI=1S/C16H22O5/c1-10-13-14(21-16(2,3)20-13)12(17)15(19-10)18-9-11-7-5-4-6-8-11/h4-8,10,12-15,17H,9H2,1-3H3/t10?,12?,13-,14?,15-/m0/s1. The highest BCUT2D eigenvalue weighted by atomic mass is 16.8. The van der Waals surface area contributed by atoms with Crippen LogP contribution < -0.4 is 0 Å². The summed E-state index contributed by atoms with van der Waals surface area (Å²) >= 11 is 0. The normalized spacial score (nSPS) is 38.2. The quantitative estimate of drug-likeness (QED) is 0.921. The van der Waals surface area contributed by atoms with E-state index in [9.17, 15) is 5.11 Å². The number of ether oxygens (including phenoxy) is 4. The highest BCUT2D eigenvalue weighted by Gasteiger charge is 2.53. The van der Waals surface area contributed by atoms with Gasteiger partial charge in [-0.15, -0.1) is 0 Å². The van der Waals surface area contributed by atoms with Gasteiger partial charge in [0.15, 0.2) is 12.1 Å². The third kappa shape index (κ3) is 3.12. The summed E-state index contributed by atoms with van der Waals surface area (Å²) in [6, 6.07) is 9.80. The van der Waals surface area contributed by atoms with Crippen LogP contribution in [0.1, 0.15) is 26.3 Å². The average Bonchev–Trinajstić information content (AvgIpc) is 2.79. The Morgan fingerprint density at radius 1 is 1.14 bits per heavy atom. The Kier molecular flexibility index (Phi) is 4.03. The van der Waals surface area contributed by atoms with Gasteiger partial charge in [-0.1, -0.05) is 30.3 Å². The average molecular weight is 294 g/mol. The van der Waals surface area contributed by atoms with E-state index in [0.717, 1.165) is 5.56 Å². The van der Waals surface area contributed by atoms with Crippen LogP contribution in [0.15, 0.2) is 30.3 Å². The minimum atomic E-state index is -0.864. The number of hydrogen-bond donors (Lipinski definition) is 1. The Hall–Kier alpha value is -0.980. The molecule has 3 rings (SSSR count). The Balaban J connectivity index is 1.65. The molecule has 0 aliphatic carbocycles. The summed E-state index contributed by atoms with van der Waals surface area (Å²) in [6.07, 6.45) is -2.47. The molecule has 2 aliphatic heterocycles. The summed E-state index contributed by atoms with van der Waals surface area (Å²) in [7, 11) is 0. The zero-order valence-corrected chi connectivity index (χ0v) is 12.6. The number of aliphatic hydroxyl groups excluding tert-OH is 1. The third-order valence-electron chi connectivity index (χ3n) is 3.85. The molecule has 0 bridgehead atoms. The van der Waals surface area contributed by atoms with Crippen molar-refractivity contribution in [2.24, 2.45) is 0 Å². The van der Waals surface area contributed by atoms with Crippen molar-refractivity contribution >= 4 is 0 Å². The predicted molar refractivity (Wildman–Crippen MR) is 75.4 cm³/mol. The minimum Gasteiger partial charge on any atom is -0.385 e. The van der Waals surface area contributed by atoms with Gasteiger partial charge < -0.3 is 24.1 Å². The second-order valence-electron chi connectivity index (χ2n) is 6.06. The fourth-order valence-corrected chi connectivity index (χ4v) is 2.86. The van der Waals surface area contributed by atoms with Gasteiger partial charge >= 0.3 is 0 Å². The van der Waals surface area contributed by atoms with Crippen molar-refractivity contribution in [1.29, 1.82) is 0 Å². The van der Waals surface area contributed by atoms with Crippen LogP contribution in [0.3, 0.4) is 0 Å². The monoisotopic (exact) mass is 294 g/mol. The molecular formula is C16H22O5. The first-order valence-electron chi connectivity index (χ1n) is 7.31. The van der Waals surface area contributed by atoms with E-state index in [1.165, 1.54) is 0 Å². The molecule has 0 aromatic heterocycles. The van der Waals surface area contributed by atoms with Crippen LogP contribution in [0.2, 0.25) is 0 Å². The molecule has 2 fully saturated rings. The number of fused-ring (bicyclic) bond motifs is 1. The van der Waals surface area contributed by atoms with E-state index in [1.807, 2.05) is 51.1 Å². The smallest absolute Gasteiger partial charge is 0.186 e. The molecule has 0 amide bonds. The van der Waals surface area contributed by atoms with Gasteiger partial charge in [-0.3, -0.25) is 0 Å². The van der Waals surface area contributed by atoms with Gasteiger partial charge in [-0.2, -0.15) is 0 Å². The summed E-state index contributed by atoms with van der Waals surface area (Å²) in [5, 5.41) is 10.4. The van der Waals surface area contributed by atoms with Crippen LogP contribution in [0.4, 0.5) is 0 Å². The molecule has 1 N–H and O–H groups in total. The SMILES string of the molecule is CC1O[C@H](OCc2ccccc2)C(O)C2OC(C)(C)O[C@@H]12. The molecule has 2 heterocycles. The van der Waals surface area contributed by atoms with Gasteiger partial charge in [0.25, 0.3) is 0 Å². The van der Waals surface area contributed by atoms with Crippen LogP contribution >= 0.6 is 0 Å². The predicted octanol–water partition coefficient (Wildman–Crippen LogP) is 1.83. The van der Waals surface area contributed by atoms with E-state index in [1.54, 1.807) is 0 Å². The number of rotatable bonds is 3. The maximum absolute atomic E-state index is 10.4. The molecule has 1 aromatic carbocycles. The van der Waals surface area contributed by atoms with E-state index in [4.69, 9.17) is 18.9 Å². The van der Waals surface area contributed by atoms with Crippen molar-refractivity contribution in [2.75, 3.05) is 0 Å². The van der Waals surface area contributed by atoms with Crippen molar-refractivity contribution in [2.45, 2.75) is 63.9 Å². The largest absolute Gasteiger partial charge is 0.385 e. The lowest BCUT2D eigenvalue weighted by Crippen LogP contribution is -2.55. The Bertz CT molecular complexity index is 475. The molecule has 116 valence electrons. The number of hydrogen-bond acceptors (Lipinski definition) is 5. The lowest BCUT2D eigenvalue weighted by atomic mass is 10.00. The second-order valence-corrected chi connectivity index (χ2v) is 6.06. The van der Waals surface area contributed by atoms with Crippen molar-refractivity contribution in [3.8, 4) is 0 Å². The summed E-state index contributed by atoms with van der Waals surface area (Å²) in [6.45, 7) is 5.97. The molecule has 5 atom stereocenters. The Morgan fingerprint density at radius 2 is 1.81 bits per heavy atom. The minimum absolute atomic E-state index is 0.194. The lowest BCUT2D eigenvalue weighted by molar-refractivity contribution is -0.277. The maximum atomic E-state index is 10.4.